The minimum Gasteiger partial charge on any atom is -0.251 e. The normalized spacial score (nSPS) is 49.3. The van der Waals surface area contributed by atoms with Crippen molar-refractivity contribution < 1.29 is 13.2 Å². The summed E-state index contributed by atoms with van der Waals surface area (Å²) in [6, 6.07) is 0. The van der Waals surface area contributed by atoms with E-state index in [4.69, 9.17) is 0 Å². The Morgan fingerprint density at radius 2 is 1.57 bits per heavy atom. The molecule has 0 spiro atoms. The molecule has 3 heteroatoms. The fraction of sp³-hybridized carbons (Fsp3) is 1.00. The van der Waals surface area contributed by atoms with Crippen LogP contribution in [0.25, 0.3) is 0 Å². The molecule has 0 N–H and O–H groups in total. The molecule has 7 heavy (non-hydrogen) atoms. The fourth-order valence-electron chi connectivity index (χ4n) is 0.463. The predicted octanol–water partition coefficient (Wildman–Crippen LogP) is 1.26. The summed E-state index contributed by atoms with van der Waals surface area (Å²) >= 11 is 0. The lowest BCUT2D eigenvalue weighted by molar-refractivity contribution is 0.372. The van der Waals surface area contributed by atoms with Crippen molar-refractivity contribution in [2.75, 3.05) is 6.67 Å². The first-order valence-corrected chi connectivity index (χ1v) is 2.11. The third-order valence-electron chi connectivity index (χ3n) is 1.16. The van der Waals surface area contributed by atoms with E-state index < -0.39 is 24.9 Å². The third kappa shape index (κ3) is 0.598. The van der Waals surface area contributed by atoms with Crippen molar-refractivity contribution in [3.8, 4) is 0 Å². The minimum atomic E-state index is -1.51. The predicted molar refractivity (Wildman–Crippen MR) is 19.3 cm³/mol. The number of alkyl halides is 3. The second kappa shape index (κ2) is 1.39. The largest absolute Gasteiger partial charge is 0.251 e. The highest BCUT2D eigenvalue weighted by Crippen LogP contribution is 2.37. The molecule has 0 nitrogen and oxygen atoms in total. The molecular formula is C4H5F3. The summed E-state index contributed by atoms with van der Waals surface area (Å²) in [7, 11) is 0. The third-order valence-corrected chi connectivity index (χ3v) is 1.16. The summed E-state index contributed by atoms with van der Waals surface area (Å²) in [5.74, 6) is -0.931. The maximum atomic E-state index is 11.6. The molecule has 1 rings (SSSR count). The highest BCUT2D eigenvalue weighted by Gasteiger charge is 2.52. The molecule has 0 aliphatic heterocycles. The molecule has 0 amide bonds. The highest BCUT2D eigenvalue weighted by molar-refractivity contribution is 4.98. The van der Waals surface area contributed by atoms with Crippen molar-refractivity contribution in [2.45, 2.75) is 12.3 Å². The van der Waals surface area contributed by atoms with Gasteiger partial charge < -0.3 is 0 Å². The molecule has 1 fully saturated rings. The molecule has 0 aromatic heterocycles. The summed E-state index contributed by atoms with van der Waals surface area (Å²) in [6.07, 6.45) is -3.02. The zero-order chi connectivity index (χ0) is 5.44. The van der Waals surface area contributed by atoms with Gasteiger partial charge in [0.15, 0.2) is 0 Å². The molecule has 0 bridgehead atoms. The molecule has 0 radical (unpaired) electrons. The summed E-state index contributed by atoms with van der Waals surface area (Å²) in [4.78, 5) is 0. The van der Waals surface area contributed by atoms with Crippen LogP contribution in [-0.4, -0.2) is 19.0 Å². The Kier molecular flexibility index (Phi) is 0.978. The van der Waals surface area contributed by atoms with Crippen LogP contribution in [0.4, 0.5) is 13.2 Å². The number of hydrogen-bond donors (Lipinski definition) is 0. The van der Waals surface area contributed by atoms with E-state index in [1.165, 1.54) is 0 Å². The molecule has 1 aliphatic carbocycles. The van der Waals surface area contributed by atoms with E-state index in [-0.39, 0.29) is 0 Å². The van der Waals surface area contributed by atoms with E-state index in [2.05, 4.69) is 0 Å². The van der Waals surface area contributed by atoms with Gasteiger partial charge in [-0.15, -0.1) is 0 Å². The van der Waals surface area contributed by atoms with Crippen LogP contribution in [-0.2, 0) is 0 Å². The molecule has 0 aromatic carbocycles. The maximum absolute atomic E-state index is 11.6. The quantitative estimate of drug-likeness (QED) is 0.476. The topological polar surface area (TPSA) is 0 Å². The van der Waals surface area contributed by atoms with Gasteiger partial charge in [-0.25, -0.2) is 8.78 Å². The lowest BCUT2D eigenvalue weighted by Gasteiger charge is -1.73. The molecule has 2 unspecified atom stereocenters. The summed E-state index contributed by atoms with van der Waals surface area (Å²) in [5.41, 5.74) is 0. The van der Waals surface area contributed by atoms with Gasteiger partial charge in [0.1, 0.15) is 12.3 Å². The smallest absolute Gasteiger partial charge is 0.140 e. The maximum Gasteiger partial charge on any atom is 0.140 e. The number of hydrogen-bond acceptors (Lipinski definition) is 0. The Labute approximate surface area is 39.3 Å². The van der Waals surface area contributed by atoms with Crippen molar-refractivity contribution in [1.29, 1.82) is 0 Å². The van der Waals surface area contributed by atoms with Crippen LogP contribution in [0.2, 0.25) is 0 Å². The molecule has 1 aliphatic rings. The van der Waals surface area contributed by atoms with E-state index in [1.54, 1.807) is 0 Å². The van der Waals surface area contributed by atoms with E-state index in [9.17, 15) is 13.2 Å². The van der Waals surface area contributed by atoms with Crippen LogP contribution in [0.15, 0.2) is 0 Å². The van der Waals surface area contributed by atoms with Crippen LogP contribution in [0.3, 0.4) is 0 Å². The summed E-state index contributed by atoms with van der Waals surface area (Å²) in [5, 5.41) is 0. The van der Waals surface area contributed by atoms with E-state index in [0.717, 1.165) is 0 Å². The first-order valence-electron chi connectivity index (χ1n) is 2.11. The van der Waals surface area contributed by atoms with Crippen molar-refractivity contribution in [3.05, 3.63) is 0 Å². The van der Waals surface area contributed by atoms with Crippen LogP contribution >= 0.6 is 0 Å². The lowest BCUT2D eigenvalue weighted by atomic mass is 10.5. The van der Waals surface area contributed by atoms with Crippen molar-refractivity contribution in [3.63, 3.8) is 0 Å². The second-order valence-electron chi connectivity index (χ2n) is 1.71. The second-order valence-corrected chi connectivity index (χ2v) is 1.71. The first kappa shape index (κ1) is 4.94. The Hall–Kier alpha value is -0.210. The Bertz CT molecular complexity index is 65.3. The van der Waals surface area contributed by atoms with Crippen molar-refractivity contribution >= 4 is 0 Å². The Balaban J connectivity index is 2.24. The molecule has 1 saturated carbocycles. The Morgan fingerprint density at radius 3 is 1.57 bits per heavy atom. The van der Waals surface area contributed by atoms with Gasteiger partial charge in [-0.3, -0.25) is 4.39 Å². The van der Waals surface area contributed by atoms with E-state index in [1.807, 2.05) is 0 Å². The van der Waals surface area contributed by atoms with E-state index in [0.29, 0.717) is 0 Å². The monoisotopic (exact) mass is 110 g/mol. The highest BCUT2D eigenvalue weighted by atomic mass is 19.2. The zero-order valence-electron chi connectivity index (χ0n) is 3.57. The van der Waals surface area contributed by atoms with Crippen LogP contribution < -0.4 is 0 Å². The molecule has 42 valence electrons. The van der Waals surface area contributed by atoms with E-state index >= 15 is 0 Å². The van der Waals surface area contributed by atoms with Crippen molar-refractivity contribution in [1.82, 2.24) is 0 Å². The number of rotatable bonds is 1. The zero-order valence-corrected chi connectivity index (χ0v) is 3.57. The lowest BCUT2D eigenvalue weighted by Crippen LogP contribution is -1.80. The van der Waals surface area contributed by atoms with Gasteiger partial charge in [0, 0.05) is 0 Å². The average molecular weight is 110 g/mol. The summed E-state index contributed by atoms with van der Waals surface area (Å²) in [6.45, 7) is -0.859. The SMILES string of the molecule is FCC1C(F)C1F. The van der Waals surface area contributed by atoms with Crippen LogP contribution in [0, 0.1) is 5.92 Å². The van der Waals surface area contributed by atoms with Crippen molar-refractivity contribution in [2.24, 2.45) is 5.92 Å². The van der Waals surface area contributed by atoms with Gasteiger partial charge in [-0.2, -0.15) is 0 Å². The van der Waals surface area contributed by atoms with Gasteiger partial charge in [0.25, 0.3) is 0 Å². The standard InChI is InChI=1S/C4H5F3/c5-1-2-3(6)4(2)7/h2-4H,1H2. The first-order chi connectivity index (χ1) is 3.27. The Morgan fingerprint density at radius 1 is 1.14 bits per heavy atom. The van der Waals surface area contributed by atoms with Gasteiger partial charge in [0.2, 0.25) is 0 Å². The molecule has 0 heterocycles. The molecule has 0 saturated heterocycles. The van der Waals surface area contributed by atoms with Gasteiger partial charge in [0.05, 0.1) is 12.6 Å². The van der Waals surface area contributed by atoms with Gasteiger partial charge in [-0.1, -0.05) is 0 Å². The molecule has 2 atom stereocenters. The fourth-order valence-corrected chi connectivity index (χ4v) is 0.463. The molecular weight excluding hydrogens is 105 g/mol. The minimum absolute atomic E-state index is 0.859. The van der Waals surface area contributed by atoms with Gasteiger partial charge >= 0.3 is 0 Å². The van der Waals surface area contributed by atoms with Crippen LogP contribution in [0.5, 0.6) is 0 Å². The average Bonchev–Trinajstić information content (AvgIpc) is 2.17. The number of halogens is 3. The van der Waals surface area contributed by atoms with Crippen LogP contribution in [0.1, 0.15) is 0 Å². The summed E-state index contributed by atoms with van der Waals surface area (Å²) < 4.78 is 34.3. The van der Waals surface area contributed by atoms with Gasteiger partial charge in [-0.05, 0) is 0 Å². The molecule has 0 aromatic rings.